The number of anilines is 1. The molecular weight excluding hydrogens is 320 g/mol. The summed E-state index contributed by atoms with van der Waals surface area (Å²) in [5, 5.41) is 4.21. The van der Waals surface area contributed by atoms with Crippen molar-refractivity contribution < 1.29 is 4.79 Å². The number of hydrogen-bond acceptors (Lipinski definition) is 1. The van der Waals surface area contributed by atoms with Crippen LogP contribution >= 0.6 is 0 Å². The SMILES string of the molecule is O=C1Nc2ccccc2C1(Cc1ccccc1)c1cc2ccccc2[nH]1. The Morgan fingerprint density at radius 3 is 2.38 bits per heavy atom. The first kappa shape index (κ1) is 15.0. The van der Waals surface area contributed by atoms with Gasteiger partial charge in [0.15, 0.2) is 0 Å². The molecule has 1 aliphatic heterocycles. The van der Waals surface area contributed by atoms with Crippen LogP contribution in [0.4, 0.5) is 5.69 Å². The number of hydrogen-bond donors (Lipinski definition) is 2. The highest BCUT2D eigenvalue weighted by atomic mass is 16.2. The normalized spacial score (nSPS) is 18.7. The molecule has 3 nitrogen and oxygen atoms in total. The van der Waals surface area contributed by atoms with Crippen LogP contribution in [0.5, 0.6) is 0 Å². The van der Waals surface area contributed by atoms with E-state index in [2.05, 4.69) is 40.6 Å². The molecule has 3 heteroatoms. The molecule has 2 N–H and O–H groups in total. The van der Waals surface area contributed by atoms with Gasteiger partial charge in [-0.15, -0.1) is 0 Å². The van der Waals surface area contributed by atoms with E-state index in [1.165, 1.54) is 0 Å². The van der Waals surface area contributed by atoms with Crippen molar-refractivity contribution in [1.82, 2.24) is 4.98 Å². The number of amides is 1. The van der Waals surface area contributed by atoms with Crippen molar-refractivity contribution in [2.24, 2.45) is 0 Å². The zero-order valence-corrected chi connectivity index (χ0v) is 14.2. The van der Waals surface area contributed by atoms with E-state index in [1.807, 2.05) is 54.6 Å². The van der Waals surface area contributed by atoms with E-state index in [1.54, 1.807) is 0 Å². The molecule has 0 aliphatic carbocycles. The van der Waals surface area contributed by atoms with Crippen molar-refractivity contribution in [3.05, 3.63) is 102 Å². The summed E-state index contributed by atoms with van der Waals surface area (Å²) in [6.45, 7) is 0. The Morgan fingerprint density at radius 2 is 1.54 bits per heavy atom. The Kier molecular flexibility index (Phi) is 3.22. The lowest BCUT2D eigenvalue weighted by Crippen LogP contribution is -2.38. The largest absolute Gasteiger partial charge is 0.357 e. The number of rotatable bonds is 3. The summed E-state index contributed by atoms with van der Waals surface area (Å²) in [4.78, 5) is 16.8. The van der Waals surface area contributed by atoms with Crippen LogP contribution in [0.3, 0.4) is 0 Å². The van der Waals surface area contributed by atoms with Gasteiger partial charge in [-0.25, -0.2) is 0 Å². The number of benzene rings is 3. The monoisotopic (exact) mass is 338 g/mol. The van der Waals surface area contributed by atoms with Crippen molar-refractivity contribution in [3.8, 4) is 0 Å². The number of fused-ring (bicyclic) bond motifs is 2. The predicted octanol–water partition coefficient (Wildman–Crippen LogP) is 4.65. The summed E-state index contributed by atoms with van der Waals surface area (Å²) in [5.41, 5.74) is 4.29. The molecule has 26 heavy (non-hydrogen) atoms. The third kappa shape index (κ3) is 2.10. The van der Waals surface area contributed by atoms with E-state index in [0.29, 0.717) is 6.42 Å². The quantitative estimate of drug-likeness (QED) is 0.561. The Labute approximate surface area is 151 Å². The lowest BCUT2D eigenvalue weighted by Gasteiger charge is -2.27. The average Bonchev–Trinajstić information content (AvgIpc) is 3.23. The zero-order chi connectivity index (χ0) is 17.6. The summed E-state index contributed by atoms with van der Waals surface area (Å²) in [6.07, 6.45) is 0.615. The molecule has 2 heterocycles. The molecule has 1 atom stereocenters. The molecule has 1 aromatic heterocycles. The lowest BCUT2D eigenvalue weighted by molar-refractivity contribution is -0.119. The second kappa shape index (κ2) is 5.60. The van der Waals surface area contributed by atoms with Gasteiger partial charge in [-0.05, 0) is 41.1 Å². The van der Waals surface area contributed by atoms with Crippen molar-refractivity contribution >= 4 is 22.5 Å². The Bertz CT molecular complexity index is 1080. The third-order valence-electron chi connectivity index (χ3n) is 5.32. The summed E-state index contributed by atoms with van der Waals surface area (Å²) >= 11 is 0. The van der Waals surface area contributed by atoms with Crippen LogP contribution in [-0.4, -0.2) is 10.9 Å². The van der Waals surface area contributed by atoms with E-state index in [-0.39, 0.29) is 5.91 Å². The molecule has 3 aromatic carbocycles. The van der Waals surface area contributed by atoms with Crippen molar-refractivity contribution in [1.29, 1.82) is 0 Å². The fourth-order valence-electron chi connectivity index (χ4n) is 4.06. The third-order valence-corrected chi connectivity index (χ3v) is 5.32. The molecule has 1 aliphatic rings. The van der Waals surface area contributed by atoms with Crippen LogP contribution in [0, 0.1) is 0 Å². The molecule has 1 amide bonds. The van der Waals surface area contributed by atoms with Crippen molar-refractivity contribution in [2.75, 3.05) is 5.32 Å². The number of carbonyl (C=O) groups is 1. The van der Waals surface area contributed by atoms with E-state index in [9.17, 15) is 4.79 Å². The van der Waals surface area contributed by atoms with Crippen LogP contribution in [0.15, 0.2) is 84.9 Å². The number of H-pyrrole nitrogens is 1. The van der Waals surface area contributed by atoms with Crippen molar-refractivity contribution in [3.63, 3.8) is 0 Å². The van der Waals surface area contributed by atoms with Gasteiger partial charge in [0.25, 0.3) is 0 Å². The minimum atomic E-state index is -0.753. The van der Waals surface area contributed by atoms with Gasteiger partial charge in [-0.1, -0.05) is 66.7 Å². The highest BCUT2D eigenvalue weighted by Gasteiger charge is 2.49. The first-order chi connectivity index (χ1) is 12.8. The molecule has 126 valence electrons. The van der Waals surface area contributed by atoms with Crippen LogP contribution < -0.4 is 5.32 Å². The fourth-order valence-corrected chi connectivity index (χ4v) is 4.06. The summed E-state index contributed by atoms with van der Waals surface area (Å²) in [7, 11) is 0. The van der Waals surface area contributed by atoms with E-state index >= 15 is 0 Å². The van der Waals surface area contributed by atoms with E-state index in [4.69, 9.17) is 0 Å². The maximum Gasteiger partial charge on any atom is 0.241 e. The molecule has 0 radical (unpaired) electrons. The first-order valence-corrected chi connectivity index (χ1v) is 8.80. The number of carbonyl (C=O) groups excluding carboxylic acids is 1. The van der Waals surface area contributed by atoms with Crippen LogP contribution in [0.1, 0.15) is 16.8 Å². The molecule has 0 bridgehead atoms. The van der Waals surface area contributed by atoms with Gasteiger partial charge < -0.3 is 10.3 Å². The molecule has 0 spiro atoms. The van der Waals surface area contributed by atoms with Gasteiger partial charge in [-0.2, -0.15) is 0 Å². The van der Waals surface area contributed by atoms with E-state index < -0.39 is 5.41 Å². The van der Waals surface area contributed by atoms with Gasteiger partial charge in [-0.3, -0.25) is 4.79 Å². The Hall–Kier alpha value is -3.33. The second-order valence-electron chi connectivity index (χ2n) is 6.84. The van der Waals surface area contributed by atoms with Gasteiger partial charge in [0.1, 0.15) is 5.41 Å². The molecule has 1 unspecified atom stereocenters. The molecular formula is C23H18N2O. The maximum absolute atomic E-state index is 13.3. The predicted molar refractivity (Wildman–Crippen MR) is 104 cm³/mol. The van der Waals surface area contributed by atoms with Gasteiger partial charge in [0.2, 0.25) is 5.91 Å². The lowest BCUT2D eigenvalue weighted by atomic mass is 9.74. The fraction of sp³-hybridized carbons (Fsp3) is 0.0870. The molecule has 0 fully saturated rings. The highest BCUT2D eigenvalue weighted by Crippen LogP contribution is 2.45. The molecule has 0 saturated carbocycles. The molecule has 0 saturated heterocycles. The maximum atomic E-state index is 13.3. The topological polar surface area (TPSA) is 44.9 Å². The van der Waals surface area contributed by atoms with Crippen molar-refractivity contribution in [2.45, 2.75) is 11.8 Å². The standard InChI is InChI=1S/C23H18N2O/c26-22-23(15-16-8-2-1-3-9-16,18-11-5-7-13-20(18)25-22)21-14-17-10-4-6-12-19(17)24-21/h1-14,24H,15H2,(H,25,26). The summed E-state index contributed by atoms with van der Waals surface area (Å²) < 4.78 is 0. The van der Waals surface area contributed by atoms with Gasteiger partial charge in [0, 0.05) is 16.9 Å². The minimum absolute atomic E-state index is 0.0223. The summed E-state index contributed by atoms with van der Waals surface area (Å²) in [5.74, 6) is 0.0223. The van der Waals surface area contributed by atoms with Gasteiger partial charge >= 0.3 is 0 Å². The van der Waals surface area contributed by atoms with Crippen LogP contribution in [0.25, 0.3) is 10.9 Å². The molecule has 5 rings (SSSR count). The smallest absolute Gasteiger partial charge is 0.241 e. The Balaban J connectivity index is 1.77. The van der Waals surface area contributed by atoms with Crippen LogP contribution in [-0.2, 0) is 16.6 Å². The second-order valence-corrected chi connectivity index (χ2v) is 6.84. The number of nitrogens with one attached hydrogen (secondary N) is 2. The highest BCUT2D eigenvalue weighted by molar-refractivity contribution is 6.09. The summed E-state index contributed by atoms with van der Waals surface area (Å²) in [6, 6.07) is 28.5. The number of aromatic nitrogens is 1. The minimum Gasteiger partial charge on any atom is -0.357 e. The van der Waals surface area contributed by atoms with Gasteiger partial charge in [0.05, 0.1) is 0 Å². The number of para-hydroxylation sites is 2. The average molecular weight is 338 g/mol. The number of aromatic amines is 1. The Morgan fingerprint density at radius 1 is 0.808 bits per heavy atom. The van der Waals surface area contributed by atoms with E-state index in [0.717, 1.165) is 33.4 Å². The zero-order valence-electron chi connectivity index (χ0n) is 14.2. The van der Waals surface area contributed by atoms with Crippen LogP contribution in [0.2, 0.25) is 0 Å². The first-order valence-electron chi connectivity index (χ1n) is 8.80. The molecule has 4 aromatic rings.